The maximum absolute atomic E-state index is 15.2. The van der Waals surface area contributed by atoms with Crippen molar-refractivity contribution in [3.63, 3.8) is 0 Å². The van der Waals surface area contributed by atoms with Crippen LogP contribution in [0.3, 0.4) is 0 Å². The Hall–Kier alpha value is -3.62. The smallest absolute Gasteiger partial charge is 0.255 e. The molecular weight excluding hydrogens is 432 g/mol. The van der Waals surface area contributed by atoms with Gasteiger partial charge in [0.05, 0.1) is 12.1 Å². The number of carbonyl (C=O) groups is 4. The molecule has 0 aromatic heterocycles. The first kappa shape index (κ1) is 21.2. The molecule has 2 aliphatic heterocycles. The van der Waals surface area contributed by atoms with Gasteiger partial charge in [0.2, 0.25) is 11.8 Å². The summed E-state index contributed by atoms with van der Waals surface area (Å²) < 4.78 is 29.9. The number of rotatable bonds is 4. The number of carbonyl (C=O) groups excluding carboxylic acids is 4. The van der Waals surface area contributed by atoms with Crippen LogP contribution in [0.4, 0.5) is 8.78 Å². The van der Waals surface area contributed by atoms with Gasteiger partial charge in [-0.2, -0.15) is 0 Å². The molecule has 1 unspecified atom stereocenters. The second-order valence-corrected chi connectivity index (χ2v) is 8.60. The lowest BCUT2D eigenvalue weighted by Gasteiger charge is -2.29. The number of imide groups is 1. The van der Waals surface area contributed by atoms with Gasteiger partial charge in [-0.15, -0.1) is 0 Å². The van der Waals surface area contributed by atoms with Crippen molar-refractivity contribution in [2.75, 3.05) is 0 Å². The van der Waals surface area contributed by atoms with Gasteiger partial charge in [-0.1, -0.05) is 6.07 Å². The Morgan fingerprint density at radius 2 is 1.88 bits per heavy atom. The fraction of sp³-hybridized carbons (Fsp3) is 0.333. The highest BCUT2D eigenvalue weighted by molar-refractivity contribution is 6.05. The van der Waals surface area contributed by atoms with Gasteiger partial charge < -0.3 is 10.2 Å². The molecule has 7 nitrogen and oxygen atoms in total. The normalized spacial score (nSPS) is 19.4. The van der Waals surface area contributed by atoms with E-state index in [0.717, 1.165) is 35.8 Å². The molecule has 2 N–H and O–H groups in total. The minimum atomic E-state index is -0.945. The number of fused-ring (bicyclic) bond motifs is 2. The fourth-order valence-electron chi connectivity index (χ4n) is 4.83. The van der Waals surface area contributed by atoms with Crippen molar-refractivity contribution in [1.82, 2.24) is 15.5 Å². The summed E-state index contributed by atoms with van der Waals surface area (Å²) in [5, 5.41) is 4.73. The average Bonchev–Trinajstić information content (AvgIpc) is 3.38. The lowest BCUT2D eigenvalue weighted by atomic mass is 10.0. The third-order valence-corrected chi connectivity index (χ3v) is 6.61. The van der Waals surface area contributed by atoms with Crippen LogP contribution in [0.15, 0.2) is 24.3 Å². The molecule has 33 heavy (non-hydrogen) atoms. The standard InChI is InChI=1S/C24H21F2N3O4/c25-18-9-15-17(11-29(24(15)33)19-6-7-20(30)28-23(19)32)21(26)16(18)10-27-22(31)14-5-4-12-2-1-3-13(12)8-14/h4-5,8-9,19H,1-3,6-7,10-11H2,(H,27,31)(H,28,30,32). The number of hydrogen-bond acceptors (Lipinski definition) is 4. The summed E-state index contributed by atoms with van der Waals surface area (Å²) in [6.45, 7) is -0.591. The van der Waals surface area contributed by atoms with E-state index in [9.17, 15) is 23.6 Å². The van der Waals surface area contributed by atoms with Crippen molar-refractivity contribution in [1.29, 1.82) is 0 Å². The molecule has 9 heteroatoms. The van der Waals surface area contributed by atoms with E-state index in [2.05, 4.69) is 10.6 Å². The molecule has 0 saturated carbocycles. The van der Waals surface area contributed by atoms with Gasteiger partial charge in [-0.25, -0.2) is 8.78 Å². The zero-order valence-corrected chi connectivity index (χ0v) is 17.7. The summed E-state index contributed by atoms with van der Waals surface area (Å²) in [5.74, 6) is -4.02. The number of nitrogens with zero attached hydrogens (tertiary/aromatic N) is 1. The highest BCUT2D eigenvalue weighted by Crippen LogP contribution is 2.32. The molecule has 1 atom stereocenters. The van der Waals surface area contributed by atoms with Crippen LogP contribution in [0.1, 0.15) is 62.2 Å². The molecule has 170 valence electrons. The van der Waals surface area contributed by atoms with E-state index in [-0.39, 0.29) is 42.6 Å². The molecule has 2 aromatic rings. The number of benzene rings is 2. The second kappa shape index (κ2) is 8.06. The maximum atomic E-state index is 15.2. The largest absolute Gasteiger partial charge is 0.348 e. The van der Waals surface area contributed by atoms with E-state index in [0.29, 0.717) is 5.56 Å². The van der Waals surface area contributed by atoms with Gasteiger partial charge in [0, 0.05) is 29.7 Å². The Morgan fingerprint density at radius 1 is 1.09 bits per heavy atom. The summed E-state index contributed by atoms with van der Waals surface area (Å²) in [6.07, 6.45) is 3.12. The molecule has 5 rings (SSSR count). The zero-order chi connectivity index (χ0) is 23.3. The highest BCUT2D eigenvalue weighted by Gasteiger charge is 2.41. The monoisotopic (exact) mass is 453 g/mol. The third-order valence-electron chi connectivity index (χ3n) is 6.61. The predicted octanol–water partition coefficient (Wildman–Crippen LogP) is 2.14. The fourth-order valence-corrected chi connectivity index (χ4v) is 4.83. The Morgan fingerprint density at radius 3 is 2.67 bits per heavy atom. The van der Waals surface area contributed by atoms with Crippen LogP contribution in [0.25, 0.3) is 0 Å². The first-order valence-electron chi connectivity index (χ1n) is 10.9. The number of hydrogen-bond donors (Lipinski definition) is 2. The van der Waals surface area contributed by atoms with E-state index >= 15 is 4.39 Å². The molecule has 0 bridgehead atoms. The molecule has 3 aliphatic rings. The van der Waals surface area contributed by atoms with Crippen LogP contribution in [0.2, 0.25) is 0 Å². The number of piperidine rings is 1. The molecule has 1 fully saturated rings. The molecule has 1 saturated heterocycles. The van der Waals surface area contributed by atoms with Gasteiger partial charge in [-0.05, 0) is 55.0 Å². The second-order valence-electron chi connectivity index (χ2n) is 8.60. The average molecular weight is 453 g/mol. The van der Waals surface area contributed by atoms with E-state index in [4.69, 9.17) is 0 Å². The van der Waals surface area contributed by atoms with Crippen molar-refractivity contribution in [2.45, 2.75) is 51.2 Å². The Labute approximate surface area is 188 Å². The SMILES string of the molecule is O=C1CCC(N2Cc3c(cc(F)c(CNC(=O)c4ccc5c(c4)CCC5)c3F)C2=O)C(=O)N1. The van der Waals surface area contributed by atoms with Crippen molar-refractivity contribution in [3.8, 4) is 0 Å². The summed E-state index contributed by atoms with van der Waals surface area (Å²) in [5.41, 5.74) is 2.24. The van der Waals surface area contributed by atoms with Crippen LogP contribution in [-0.4, -0.2) is 34.6 Å². The maximum Gasteiger partial charge on any atom is 0.255 e. The Bertz CT molecular complexity index is 1230. The van der Waals surface area contributed by atoms with Gasteiger partial charge in [0.15, 0.2) is 0 Å². The topological polar surface area (TPSA) is 95.6 Å². The summed E-state index contributed by atoms with van der Waals surface area (Å²) in [4.78, 5) is 50.0. The molecule has 2 aromatic carbocycles. The van der Waals surface area contributed by atoms with E-state index in [1.165, 1.54) is 5.56 Å². The highest BCUT2D eigenvalue weighted by atomic mass is 19.1. The minimum absolute atomic E-state index is 0.0205. The Balaban J connectivity index is 1.34. The van der Waals surface area contributed by atoms with Gasteiger partial charge >= 0.3 is 0 Å². The quantitative estimate of drug-likeness (QED) is 0.694. The number of aryl methyl sites for hydroxylation is 2. The van der Waals surface area contributed by atoms with Crippen molar-refractivity contribution >= 4 is 23.6 Å². The van der Waals surface area contributed by atoms with Crippen molar-refractivity contribution < 1.29 is 28.0 Å². The summed E-state index contributed by atoms with van der Waals surface area (Å²) in [6, 6.07) is 5.44. The van der Waals surface area contributed by atoms with Crippen LogP contribution in [0.5, 0.6) is 0 Å². The zero-order valence-electron chi connectivity index (χ0n) is 17.7. The first-order valence-corrected chi connectivity index (χ1v) is 10.9. The van der Waals surface area contributed by atoms with Crippen LogP contribution < -0.4 is 10.6 Å². The lowest BCUT2D eigenvalue weighted by molar-refractivity contribution is -0.136. The molecule has 4 amide bonds. The Kier molecular flexibility index (Phi) is 5.19. The lowest BCUT2D eigenvalue weighted by Crippen LogP contribution is -2.52. The van der Waals surface area contributed by atoms with E-state index in [1.807, 2.05) is 12.1 Å². The molecule has 2 heterocycles. The van der Waals surface area contributed by atoms with Gasteiger partial charge in [0.25, 0.3) is 11.8 Å². The molecule has 0 spiro atoms. The van der Waals surface area contributed by atoms with Crippen LogP contribution in [0, 0.1) is 11.6 Å². The molecule has 0 radical (unpaired) electrons. The molecule has 1 aliphatic carbocycles. The summed E-state index contributed by atoms with van der Waals surface area (Å²) in [7, 11) is 0. The predicted molar refractivity (Wildman–Crippen MR) is 112 cm³/mol. The summed E-state index contributed by atoms with van der Waals surface area (Å²) >= 11 is 0. The first-order chi connectivity index (χ1) is 15.8. The van der Waals surface area contributed by atoms with Crippen LogP contribution in [-0.2, 0) is 35.5 Å². The van der Waals surface area contributed by atoms with E-state index in [1.54, 1.807) is 6.07 Å². The van der Waals surface area contributed by atoms with Gasteiger partial charge in [0.1, 0.15) is 17.7 Å². The number of halogens is 2. The third kappa shape index (κ3) is 3.67. The van der Waals surface area contributed by atoms with Crippen molar-refractivity contribution in [2.24, 2.45) is 0 Å². The van der Waals surface area contributed by atoms with E-state index < -0.39 is 41.3 Å². The van der Waals surface area contributed by atoms with Crippen molar-refractivity contribution in [3.05, 3.63) is 69.3 Å². The molecular formula is C24H21F2N3O4. The number of nitrogens with one attached hydrogen (secondary N) is 2. The van der Waals surface area contributed by atoms with Gasteiger partial charge in [-0.3, -0.25) is 24.5 Å². The number of amides is 4. The minimum Gasteiger partial charge on any atom is -0.348 e. The van der Waals surface area contributed by atoms with Crippen LogP contribution >= 0.6 is 0 Å².